The van der Waals surface area contributed by atoms with Crippen LogP contribution in [0.25, 0.3) is 11.3 Å². The number of benzene rings is 1. The number of nitrogens with one attached hydrogen (secondary N) is 1. The highest BCUT2D eigenvalue weighted by Crippen LogP contribution is 2.37. The molecule has 5 nitrogen and oxygen atoms in total. The van der Waals surface area contributed by atoms with Crippen molar-refractivity contribution in [3.8, 4) is 11.3 Å². The molecule has 0 fully saturated rings. The number of rotatable bonds is 2. The highest BCUT2D eigenvalue weighted by atomic mass is 32.1. The van der Waals surface area contributed by atoms with E-state index in [4.69, 9.17) is 0 Å². The number of aryl methyl sites for hydroxylation is 3. The Morgan fingerprint density at radius 2 is 2.14 bits per heavy atom. The molecular weight excluding hydrogens is 296 g/mol. The van der Waals surface area contributed by atoms with Crippen LogP contribution in [0.4, 0.5) is 5.13 Å². The van der Waals surface area contributed by atoms with E-state index in [1.165, 1.54) is 16.0 Å². The Morgan fingerprint density at radius 3 is 2.95 bits per heavy atom. The number of amides is 1. The zero-order valence-electron chi connectivity index (χ0n) is 12.0. The van der Waals surface area contributed by atoms with Gasteiger partial charge < -0.3 is 0 Å². The van der Waals surface area contributed by atoms with Crippen molar-refractivity contribution in [3.63, 3.8) is 0 Å². The predicted molar refractivity (Wildman–Crippen MR) is 86.1 cm³/mol. The van der Waals surface area contributed by atoms with Gasteiger partial charge in [-0.1, -0.05) is 24.3 Å². The molecule has 6 heteroatoms. The van der Waals surface area contributed by atoms with Gasteiger partial charge in [0.2, 0.25) is 0 Å². The van der Waals surface area contributed by atoms with Gasteiger partial charge >= 0.3 is 0 Å². The second-order valence-electron chi connectivity index (χ2n) is 5.28. The molecule has 3 aromatic rings. The van der Waals surface area contributed by atoms with Gasteiger partial charge in [-0.25, -0.2) is 4.98 Å². The molecule has 0 saturated heterocycles. The lowest BCUT2D eigenvalue weighted by atomic mass is 9.94. The van der Waals surface area contributed by atoms with Crippen molar-refractivity contribution in [1.29, 1.82) is 0 Å². The molecule has 1 aromatic carbocycles. The molecule has 0 spiro atoms. The second kappa shape index (κ2) is 5.06. The first-order valence-electron chi connectivity index (χ1n) is 7.10. The molecule has 0 unspecified atom stereocenters. The molecule has 4 rings (SSSR count). The Labute approximate surface area is 131 Å². The lowest BCUT2D eigenvalue weighted by Gasteiger charge is -2.13. The Bertz CT molecular complexity index is 865. The molecule has 1 aliphatic carbocycles. The van der Waals surface area contributed by atoms with Gasteiger partial charge in [0, 0.05) is 23.7 Å². The molecule has 2 aromatic heterocycles. The Hall–Kier alpha value is -2.47. The minimum atomic E-state index is -0.222. The lowest BCUT2D eigenvalue weighted by Crippen LogP contribution is -2.12. The van der Waals surface area contributed by atoms with Crippen LogP contribution in [0.5, 0.6) is 0 Å². The summed E-state index contributed by atoms with van der Waals surface area (Å²) < 4.78 is 1.61. The minimum absolute atomic E-state index is 0.222. The number of carbonyl (C=O) groups is 1. The Balaban J connectivity index is 1.64. The normalized spacial score (nSPS) is 12.6. The van der Waals surface area contributed by atoms with Crippen LogP contribution in [0.15, 0.2) is 36.5 Å². The number of hydrogen-bond donors (Lipinski definition) is 1. The van der Waals surface area contributed by atoms with Gasteiger partial charge in [-0.05, 0) is 24.5 Å². The summed E-state index contributed by atoms with van der Waals surface area (Å²) >= 11 is 1.55. The maximum Gasteiger partial charge on any atom is 0.277 e. The van der Waals surface area contributed by atoms with Crippen LogP contribution in [0.2, 0.25) is 0 Å². The number of anilines is 1. The molecule has 0 bridgehead atoms. The van der Waals surface area contributed by atoms with Crippen molar-refractivity contribution in [1.82, 2.24) is 14.8 Å². The third-order valence-corrected chi connectivity index (χ3v) is 4.79. The fourth-order valence-corrected chi connectivity index (χ4v) is 3.67. The van der Waals surface area contributed by atoms with Crippen LogP contribution < -0.4 is 5.32 Å². The lowest BCUT2D eigenvalue weighted by molar-refractivity contribution is 0.102. The van der Waals surface area contributed by atoms with Gasteiger partial charge in [0.25, 0.3) is 5.91 Å². The number of hydrogen-bond acceptors (Lipinski definition) is 4. The van der Waals surface area contributed by atoms with Crippen molar-refractivity contribution < 1.29 is 4.79 Å². The van der Waals surface area contributed by atoms with E-state index in [1.54, 1.807) is 35.3 Å². The maximum atomic E-state index is 12.2. The summed E-state index contributed by atoms with van der Waals surface area (Å²) in [6.45, 7) is 0. The number of carbonyl (C=O) groups excluding carboxylic acids is 1. The second-order valence-corrected chi connectivity index (χ2v) is 6.36. The first-order valence-corrected chi connectivity index (χ1v) is 7.91. The molecule has 22 heavy (non-hydrogen) atoms. The van der Waals surface area contributed by atoms with E-state index in [0.717, 1.165) is 18.5 Å². The van der Waals surface area contributed by atoms with Crippen molar-refractivity contribution in [2.45, 2.75) is 12.8 Å². The number of fused-ring (bicyclic) bond motifs is 3. The highest BCUT2D eigenvalue weighted by Gasteiger charge is 2.21. The molecule has 0 radical (unpaired) electrons. The molecule has 0 atom stereocenters. The van der Waals surface area contributed by atoms with Crippen LogP contribution in [0, 0.1) is 0 Å². The third kappa shape index (κ3) is 2.21. The van der Waals surface area contributed by atoms with Crippen molar-refractivity contribution in [3.05, 3.63) is 52.7 Å². The van der Waals surface area contributed by atoms with E-state index in [1.807, 2.05) is 6.07 Å². The zero-order valence-corrected chi connectivity index (χ0v) is 12.9. The average molecular weight is 310 g/mol. The van der Waals surface area contributed by atoms with Crippen LogP contribution in [0.1, 0.15) is 20.9 Å². The first-order chi connectivity index (χ1) is 10.7. The molecule has 110 valence electrons. The van der Waals surface area contributed by atoms with E-state index < -0.39 is 0 Å². The number of aromatic nitrogens is 3. The molecule has 0 aliphatic heterocycles. The molecular formula is C16H14N4OS. The quantitative estimate of drug-likeness (QED) is 0.792. The number of nitrogens with zero attached hydrogens (tertiary/aromatic N) is 3. The molecule has 1 N–H and O–H groups in total. The van der Waals surface area contributed by atoms with Crippen LogP contribution in [-0.2, 0) is 19.9 Å². The first kappa shape index (κ1) is 13.2. The van der Waals surface area contributed by atoms with E-state index in [0.29, 0.717) is 10.8 Å². The van der Waals surface area contributed by atoms with E-state index in [-0.39, 0.29) is 5.91 Å². The van der Waals surface area contributed by atoms with Gasteiger partial charge in [0.1, 0.15) is 0 Å². The smallest absolute Gasteiger partial charge is 0.277 e. The van der Waals surface area contributed by atoms with E-state index in [9.17, 15) is 4.79 Å². The van der Waals surface area contributed by atoms with Crippen LogP contribution in [-0.4, -0.2) is 20.7 Å². The summed E-state index contributed by atoms with van der Waals surface area (Å²) in [7, 11) is 1.79. The summed E-state index contributed by atoms with van der Waals surface area (Å²) in [5.41, 5.74) is 3.90. The molecule has 1 aliphatic rings. The SMILES string of the molecule is Cn1ccc(C(=O)Nc2nc3c(s2)CCc2ccccc2-3)n1. The summed E-state index contributed by atoms with van der Waals surface area (Å²) in [5, 5.41) is 7.59. The van der Waals surface area contributed by atoms with Crippen molar-refractivity contribution in [2.24, 2.45) is 7.05 Å². The average Bonchev–Trinajstić information content (AvgIpc) is 3.13. The topological polar surface area (TPSA) is 59.8 Å². The van der Waals surface area contributed by atoms with Crippen LogP contribution >= 0.6 is 11.3 Å². The fourth-order valence-electron chi connectivity index (χ4n) is 2.70. The molecule has 2 heterocycles. The standard InChI is InChI=1S/C16H14N4OS/c1-20-9-8-12(19-20)15(21)18-16-17-14-11-5-3-2-4-10(11)6-7-13(14)22-16/h2-5,8-9H,6-7H2,1H3,(H,17,18,21). The largest absolute Gasteiger partial charge is 0.296 e. The predicted octanol–water partition coefficient (Wildman–Crippen LogP) is 2.89. The van der Waals surface area contributed by atoms with E-state index >= 15 is 0 Å². The zero-order chi connectivity index (χ0) is 15.1. The van der Waals surface area contributed by atoms with E-state index in [2.05, 4.69) is 33.6 Å². The summed E-state index contributed by atoms with van der Waals surface area (Å²) in [5.74, 6) is -0.222. The summed E-state index contributed by atoms with van der Waals surface area (Å²) in [6, 6.07) is 10.0. The third-order valence-electron chi connectivity index (χ3n) is 3.76. The van der Waals surface area contributed by atoms with Gasteiger partial charge in [-0.15, -0.1) is 11.3 Å². The van der Waals surface area contributed by atoms with Gasteiger partial charge in [-0.3, -0.25) is 14.8 Å². The monoisotopic (exact) mass is 310 g/mol. The van der Waals surface area contributed by atoms with Gasteiger partial charge in [-0.2, -0.15) is 5.10 Å². The van der Waals surface area contributed by atoms with Crippen LogP contribution in [0.3, 0.4) is 0 Å². The summed E-state index contributed by atoms with van der Waals surface area (Å²) in [4.78, 5) is 18.0. The number of thiazole rings is 1. The fraction of sp³-hybridized carbons (Fsp3) is 0.188. The van der Waals surface area contributed by atoms with Gasteiger partial charge in [0.15, 0.2) is 10.8 Å². The van der Waals surface area contributed by atoms with Crippen molar-refractivity contribution >= 4 is 22.4 Å². The molecule has 1 amide bonds. The Kier molecular flexibility index (Phi) is 3.04. The molecule has 0 saturated carbocycles. The summed E-state index contributed by atoms with van der Waals surface area (Å²) in [6.07, 6.45) is 3.75. The van der Waals surface area contributed by atoms with Gasteiger partial charge in [0.05, 0.1) is 5.69 Å². The highest BCUT2D eigenvalue weighted by molar-refractivity contribution is 7.16. The maximum absolute atomic E-state index is 12.2. The van der Waals surface area contributed by atoms with Crippen molar-refractivity contribution in [2.75, 3.05) is 5.32 Å². The minimum Gasteiger partial charge on any atom is -0.296 e. The Morgan fingerprint density at radius 1 is 1.27 bits per heavy atom.